The van der Waals surface area contributed by atoms with Crippen LogP contribution in [0.5, 0.6) is 0 Å². The molecule has 3 N–H and O–H groups in total. The van der Waals surface area contributed by atoms with Gasteiger partial charge in [-0.2, -0.15) is 0 Å². The molecular formula is C69H59N7O3. The van der Waals surface area contributed by atoms with Crippen molar-refractivity contribution >= 4 is 33.4 Å². The minimum absolute atomic E-state index is 0.0489. The summed E-state index contributed by atoms with van der Waals surface area (Å²) >= 11 is 0. The van der Waals surface area contributed by atoms with Crippen LogP contribution >= 0.6 is 0 Å². The van der Waals surface area contributed by atoms with Crippen molar-refractivity contribution < 1.29 is 15.3 Å². The maximum atomic E-state index is 9.38. The average molecular weight is 1030 g/mol. The Labute approximate surface area is 459 Å². The molecule has 79 heavy (non-hydrogen) atoms. The molecule has 1 aliphatic rings. The second-order valence-electron chi connectivity index (χ2n) is 20.2. The standard InChI is InChI=1S/C24H23N3O.C24H18N2O.C21H18N2O/c28-17-18-4-3-5-20(14-18)21-8-11-24-25-23(16-27(24)15-21)19-6-9-22(10-7-19)26-12-1-2-13-26;27-16-17-4-3-7-19(12-17)22-10-11-24-25-23(15-26(24)14-22)21-9-8-18-5-1-2-6-20(18)13-21;1-15-5-7-17(8-6-15)20-13-23-12-19(9-10-21(23)22-20)18-4-2-3-16(11-18)14-24/h3-11,14-16,28H,1-2,12-13,17H2;1-15,27H,16H2;2-13,24H,14H2,1H3. The van der Waals surface area contributed by atoms with Gasteiger partial charge in [-0.1, -0.05) is 133 Å². The van der Waals surface area contributed by atoms with Crippen LogP contribution in [0.1, 0.15) is 35.1 Å². The Morgan fingerprint density at radius 1 is 0.342 bits per heavy atom. The number of aliphatic hydroxyl groups excluding tert-OH is 3. The van der Waals surface area contributed by atoms with Crippen molar-refractivity contribution in [1.29, 1.82) is 0 Å². The predicted molar refractivity (Wildman–Crippen MR) is 320 cm³/mol. The molecule has 10 heteroatoms. The van der Waals surface area contributed by atoms with Gasteiger partial charge < -0.3 is 33.4 Å². The lowest BCUT2D eigenvalue weighted by molar-refractivity contribution is 0.281. The van der Waals surface area contributed by atoms with Gasteiger partial charge in [0.2, 0.25) is 0 Å². The first-order valence-corrected chi connectivity index (χ1v) is 26.8. The summed E-state index contributed by atoms with van der Waals surface area (Å²) in [6.07, 6.45) is 15.0. The molecule has 6 aromatic heterocycles. The fraction of sp³-hybridized carbons (Fsp3) is 0.116. The van der Waals surface area contributed by atoms with Gasteiger partial charge in [-0.05, 0) is 153 Å². The topological polar surface area (TPSA) is 116 Å². The number of aliphatic hydroxyl groups is 3. The quantitative estimate of drug-likeness (QED) is 0.125. The summed E-state index contributed by atoms with van der Waals surface area (Å²) in [6.45, 7) is 4.56. The Hall–Kier alpha value is -9.45. The van der Waals surface area contributed by atoms with E-state index in [0.717, 1.165) is 114 Å². The largest absolute Gasteiger partial charge is 0.392 e. The van der Waals surface area contributed by atoms with Crippen LogP contribution in [-0.2, 0) is 19.8 Å². The number of aryl methyl sites for hydroxylation is 1. The Morgan fingerprint density at radius 3 is 1.18 bits per heavy atom. The van der Waals surface area contributed by atoms with Crippen LogP contribution in [0.4, 0.5) is 5.69 Å². The molecule has 388 valence electrons. The van der Waals surface area contributed by atoms with Gasteiger partial charge in [-0.25, -0.2) is 15.0 Å². The maximum Gasteiger partial charge on any atom is 0.137 e. The van der Waals surface area contributed by atoms with Crippen molar-refractivity contribution in [2.45, 2.75) is 39.6 Å². The number of fused-ring (bicyclic) bond motifs is 4. The summed E-state index contributed by atoms with van der Waals surface area (Å²) in [5.41, 5.74) is 20.9. The van der Waals surface area contributed by atoms with Crippen molar-refractivity contribution in [2.75, 3.05) is 18.0 Å². The number of aromatic nitrogens is 6. The van der Waals surface area contributed by atoms with Crippen molar-refractivity contribution in [2.24, 2.45) is 0 Å². The van der Waals surface area contributed by atoms with Gasteiger partial charge >= 0.3 is 0 Å². The second kappa shape index (κ2) is 22.6. The van der Waals surface area contributed by atoms with Gasteiger partial charge in [-0.15, -0.1) is 0 Å². The Morgan fingerprint density at radius 2 is 0.734 bits per heavy atom. The molecule has 10 nitrogen and oxygen atoms in total. The first kappa shape index (κ1) is 50.4. The fourth-order valence-electron chi connectivity index (χ4n) is 10.3. The number of nitrogens with zero attached hydrogens (tertiary/aromatic N) is 7. The van der Waals surface area contributed by atoms with Crippen molar-refractivity contribution in [3.8, 4) is 67.2 Å². The molecule has 1 saturated heterocycles. The van der Waals surface area contributed by atoms with Gasteiger partial charge in [0.1, 0.15) is 16.9 Å². The minimum atomic E-state index is 0.0489. The highest BCUT2D eigenvalue weighted by Gasteiger charge is 2.14. The summed E-state index contributed by atoms with van der Waals surface area (Å²) in [5, 5.41) is 30.5. The van der Waals surface area contributed by atoms with Crippen LogP contribution < -0.4 is 4.90 Å². The first-order valence-electron chi connectivity index (χ1n) is 26.8. The SMILES string of the molecule is Cc1ccc(-c2cn3cc(-c4cccc(CO)c4)ccc3n2)cc1.OCc1cccc(-c2ccc3nc(-c4ccc(N5CCCC5)cc4)cn3c2)c1.OCc1cccc(-c2ccc3nc(-c4ccc5ccccc5c4)cn3c2)c1. The smallest absolute Gasteiger partial charge is 0.137 e. The fourth-order valence-corrected chi connectivity index (χ4v) is 10.3. The summed E-state index contributed by atoms with van der Waals surface area (Å²) in [7, 11) is 0. The third-order valence-corrected chi connectivity index (χ3v) is 14.7. The molecule has 1 fully saturated rings. The molecule has 1 aliphatic heterocycles. The molecule has 0 aliphatic carbocycles. The summed E-state index contributed by atoms with van der Waals surface area (Å²) in [4.78, 5) is 16.7. The zero-order valence-corrected chi connectivity index (χ0v) is 43.9. The Kier molecular flexibility index (Phi) is 14.4. The van der Waals surface area contributed by atoms with E-state index >= 15 is 0 Å². The predicted octanol–water partition coefficient (Wildman–Crippen LogP) is 14.5. The number of pyridine rings is 3. The molecule has 0 radical (unpaired) electrons. The zero-order valence-electron chi connectivity index (χ0n) is 43.9. The summed E-state index contributed by atoms with van der Waals surface area (Å²) in [5.74, 6) is 0. The number of imidazole rings is 3. The highest BCUT2D eigenvalue weighted by molar-refractivity contribution is 5.87. The van der Waals surface area contributed by atoms with E-state index in [4.69, 9.17) is 15.0 Å². The van der Waals surface area contributed by atoms with Crippen LogP contribution in [0.2, 0.25) is 0 Å². The van der Waals surface area contributed by atoms with Gasteiger partial charge in [0.25, 0.3) is 0 Å². The van der Waals surface area contributed by atoms with Gasteiger partial charge in [-0.3, -0.25) is 0 Å². The average Bonchev–Trinajstić information content (AvgIpc) is 4.45. The zero-order chi connectivity index (χ0) is 53.7. The van der Waals surface area contributed by atoms with E-state index in [0.29, 0.717) is 0 Å². The van der Waals surface area contributed by atoms with Gasteiger partial charge in [0.15, 0.2) is 0 Å². The lowest BCUT2D eigenvalue weighted by Gasteiger charge is -2.17. The van der Waals surface area contributed by atoms with E-state index in [-0.39, 0.29) is 19.8 Å². The Balaban J connectivity index is 0.000000119. The molecule has 13 aromatic rings. The van der Waals surface area contributed by atoms with E-state index in [1.165, 1.54) is 34.9 Å². The van der Waals surface area contributed by atoms with E-state index in [9.17, 15) is 15.3 Å². The van der Waals surface area contributed by atoms with E-state index in [2.05, 4.69) is 190 Å². The van der Waals surface area contributed by atoms with Crippen LogP contribution in [0, 0.1) is 6.92 Å². The van der Waals surface area contributed by atoms with Crippen molar-refractivity contribution in [1.82, 2.24) is 28.2 Å². The molecule has 0 bridgehead atoms. The van der Waals surface area contributed by atoms with Crippen LogP contribution in [0.3, 0.4) is 0 Å². The van der Waals surface area contributed by atoms with Gasteiger partial charge in [0.05, 0.1) is 36.9 Å². The number of anilines is 1. The lowest BCUT2D eigenvalue weighted by atomic mass is 10.1. The molecule has 0 atom stereocenters. The van der Waals surface area contributed by atoms with Crippen LogP contribution in [0.15, 0.2) is 237 Å². The number of hydrogen-bond donors (Lipinski definition) is 3. The number of rotatable bonds is 10. The van der Waals surface area contributed by atoms with Crippen molar-refractivity contribution in [3.63, 3.8) is 0 Å². The highest BCUT2D eigenvalue weighted by Crippen LogP contribution is 2.30. The number of benzene rings is 7. The second-order valence-corrected chi connectivity index (χ2v) is 20.2. The van der Waals surface area contributed by atoms with E-state index < -0.39 is 0 Å². The maximum absolute atomic E-state index is 9.38. The van der Waals surface area contributed by atoms with E-state index in [1.807, 2.05) is 72.8 Å². The molecule has 0 unspecified atom stereocenters. The number of hydrogen-bond acceptors (Lipinski definition) is 7. The monoisotopic (exact) mass is 1030 g/mol. The summed E-state index contributed by atoms with van der Waals surface area (Å²) < 4.78 is 6.19. The molecular weight excluding hydrogens is 975 g/mol. The van der Waals surface area contributed by atoms with Crippen molar-refractivity contribution in [3.05, 3.63) is 260 Å². The Bertz CT molecular complexity index is 4250. The third-order valence-electron chi connectivity index (χ3n) is 14.7. The molecule has 0 spiro atoms. The third kappa shape index (κ3) is 11.2. The normalized spacial score (nSPS) is 12.2. The first-order chi connectivity index (χ1) is 38.8. The van der Waals surface area contributed by atoms with Crippen LogP contribution in [-0.4, -0.2) is 56.6 Å². The molecule has 7 heterocycles. The minimum Gasteiger partial charge on any atom is -0.392 e. The molecule has 0 saturated carbocycles. The highest BCUT2D eigenvalue weighted by atomic mass is 16.3. The van der Waals surface area contributed by atoms with Gasteiger partial charge in [0, 0.05) is 72.6 Å². The molecule has 14 rings (SSSR count). The van der Waals surface area contributed by atoms with E-state index in [1.54, 1.807) is 0 Å². The molecule has 0 amide bonds. The molecule has 7 aromatic carbocycles. The summed E-state index contributed by atoms with van der Waals surface area (Å²) in [6, 6.07) is 68.2. The lowest BCUT2D eigenvalue weighted by Crippen LogP contribution is -2.17. The van der Waals surface area contributed by atoms with Crippen LogP contribution in [0.25, 0.3) is 94.9 Å².